The highest BCUT2D eigenvalue weighted by Gasteiger charge is 2.27. The fourth-order valence-electron chi connectivity index (χ4n) is 4.70. The van der Waals surface area contributed by atoms with Crippen molar-refractivity contribution in [3.63, 3.8) is 0 Å². The van der Waals surface area contributed by atoms with E-state index in [0.717, 1.165) is 42.6 Å². The van der Waals surface area contributed by atoms with Crippen LogP contribution in [0.1, 0.15) is 43.0 Å². The lowest BCUT2D eigenvalue weighted by molar-refractivity contribution is 0.187. The maximum atomic E-state index is 14.4. The first kappa shape index (κ1) is 22.5. The zero-order valence-corrected chi connectivity index (χ0v) is 20.1. The van der Waals surface area contributed by atoms with Crippen LogP contribution in [0, 0.1) is 24.1 Å². The summed E-state index contributed by atoms with van der Waals surface area (Å²) in [5.41, 5.74) is 3.59. The summed E-state index contributed by atoms with van der Waals surface area (Å²) in [7, 11) is 4.28. The number of aromatic nitrogens is 6. The molecule has 174 valence electrons. The van der Waals surface area contributed by atoms with E-state index in [1.54, 1.807) is 16.8 Å². The van der Waals surface area contributed by atoms with E-state index in [4.69, 9.17) is 0 Å². The minimum atomic E-state index is -0.412. The largest absolute Gasteiger partial charge is 0.306 e. The predicted octanol–water partition coefficient (Wildman–Crippen LogP) is 4.50. The van der Waals surface area contributed by atoms with Gasteiger partial charge in [-0.15, -0.1) is 5.10 Å². The van der Waals surface area contributed by atoms with Crippen LogP contribution < -0.4 is 0 Å². The third-order valence-corrected chi connectivity index (χ3v) is 7.60. The molecule has 1 aliphatic carbocycles. The molecule has 34 heavy (non-hydrogen) atoms. The summed E-state index contributed by atoms with van der Waals surface area (Å²) in [5.74, 6) is -0.412. The van der Waals surface area contributed by atoms with Gasteiger partial charge in [0.15, 0.2) is 5.82 Å². The third-order valence-electron chi connectivity index (χ3n) is 6.57. The Labute approximate surface area is 201 Å². The van der Waals surface area contributed by atoms with Gasteiger partial charge in [0.2, 0.25) is 0 Å². The fraction of sp³-hybridized carbons (Fsp3) is 0.375. The molecule has 8 nitrogen and oxygen atoms in total. The maximum Gasteiger partial charge on any atom is 0.155 e. The molecule has 0 atom stereocenters. The Balaban J connectivity index is 1.53. The average Bonchev–Trinajstić information content (AvgIpc) is 3.44. The Hall–Kier alpha value is -3.29. The van der Waals surface area contributed by atoms with E-state index in [9.17, 15) is 9.65 Å². The van der Waals surface area contributed by atoms with Gasteiger partial charge in [-0.3, -0.25) is 0 Å². The molecular formula is C24H25FN8S. The molecule has 1 aliphatic rings. The summed E-state index contributed by atoms with van der Waals surface area (Å²) in [6.07, 6.45) is 9.32. The molecule has 4 aromatic rings. The Morgan fingerprint density at radius 3 is 2.74 bits per heavy atom. The van der Waals surface area contributed by atoms with Crippen molar-refractivity contribution in [2.24, 2.45) is 0 Å². The van der Waals surface area contributed by atoms with E-state index in [0.29, 0.717) is 28.1 Å². The molecule has 0 unspecified atom stereocenters. The van der Waals surface area contributed by atoms with Crippen LogP contribution in [0.25, 0.3) is 16.8 Å². The first-order chi connectivity index (χ1) is 16.5. The van der Waals surface area contributed by atoms with Gasteiger partial charge >= 0.3 is 0 Å². The van der Waals surface area contributed by atoms with Crippen LogP contribution in [-0.4, -0.2) is 54.6 Å². The minimum absolute atomic E-state index is 0.240. The summed E-state index contributed by atoms with van der Waals surface area (Å²) < 4.78 is 18.1. The van der Waals surface area contributed by atoms with Crippen molar-refractivity contribution in [3.05, 3.63) is 53.9 Å². The van der Waals surface area contributed by atoms with Crippen molar-refractivity contribution < 1.29 is 4.39 Å². The highest BCUT2D eigenvalue weighted by Crippen LogP contribution is 2.37. The van der Waals surface area contributed by atoms with Crippen LogP contribution in [0.3, 0.4) is 0 Å². The monoisotopic (exact) mass is 476 g/mol. The second kappa shape index (κ2) is 9.16. The van der Waals surface area contributed by atoms with Gasteiger partial charge in [-0.1, -0.05) is 17.0 Å². The summed E-state index contributed by atoms with van der Waals surface area (Å²) in [4.78, 5) is 7.15. The zero-order chi connectivity index (χ0) is 23.8. The minimum Gasteiger partial charge on any atom is -0.306 e. The molecule has 1 fully saturated rings. The maximum absolute atomic E-state index is 14.4. The predicted molar refractivity (Wildman–Crippen MR) is 127 cm³/mol. The third kappa shape index (κ3) is 4.06. The van der Waals surface area contributed by atoms with E-state index in [-0.39, 0.29) is 5.03 Å². The molecule has 0 N–H and O–H groups in total. The lowest BCUT2D eigenvalue weighted by Gasteiger charge is -2.32. The lowest BCUT2D eigenvalue weighted by Crippen LogP contribution is -2.33. The van der Waals surface area contributed by atoms with Crippen LogP contribution in [0.4, 0.5) is 4.39 Å². The Morgan fingerprint density at radius 1 is 1.24 bits per heavy atom. The van der Waals surface area contributed by atoms with Crippen molar-refractivity contribution in [3.8, 4) is 17.3 Å². The molecular weight excluding hydrogens is 451 g/mol. The first-order valence-corrected chi connectivity index (χ1v) is 12.1. The van der Waals surface area contributed by atoms with Crippen molar-refractivity contribution in [1.29, 1.82) is 5.26 Å². The van der Waals surface area contributed by atoms with E-state index in [1.165, 1.54) is 24.0 Å². The van der Waals surface area contributed by atoms with E-state index >= 15 is 0 Å². The highest BCUT2D eigenvalue weighted by atomic mass is 32.2. The summed E-state index contributed by atoms with van der Waals surface area (Å²) in [5, 5.41) is 23.2. The molecule has 4 aromatic heterocycles. The van der Waals surface area contributed by atoms with Crippen LogP contribution in [0.15, 0.2) is 46.7 Å². The van der Waals surface area contributed by atoms with Crippen LogP contribution in [-0.2, 0) is 0 Å². The fourth-order valence-corrected chi connectivity index (χ4v) is 5.67. The standard InChI is InChI=1S/C24H25FN8S/c1-15-22(29-30-33(15)19-8-6-18(7-9-19)31(2)3)16-11-21(34-24-20(25)5-4-10-27-24)23-17(12-26)13-28-32(23)14-16/h4-5,10-11,13-14,18-19H,6-9H2,1-3H3/t18-,19+. The number of halogens is 1. The van der Waals surface area contributed by atoms with Gasteiger partial charge in [0.25, 0.3) is 0 Å². The van der Waals surface area contributed by atoms with Crippen molar-refractivity contribution in [2.75, 3.05) is 14.1 Å². The molecule has 0 radical (unpaired) electrons. The normalized spacial score (nSPS) is 18.5. The number of rotatable bonds is 5. The van der Waals surface area contributed by atoms with E-state index in [1.807, 2.05) is 23.9 Å². The van der Waals surface area contributed by atoms with Crippen LogP contribution >= 0.6 is 11.8 Å². The summed E-state index contributed by atoms with van der Waals surface area (Å²) in [6.45, 7) is 2.03. The molecule has 0 saturated heterocycles. The molecule has 0 bridgehead atoms. The van der Waals surface area contributed by atoms with Crippen molar-refractivity contribution in [1.82, 2.24) is 34.5 Å². The van der Waals surface area contributed by atoms with Gasteiger partial charge in [0.05, 0.1) is 29.0 Å². The van der Waals surface area contributed by atoms with Gasteiger partial charge in [0, 0.05) is 28.9 Å². The highest BCUT2D eigenvalue weighted by molar-refractivity contribution is 7.99. The second-order valence-corrected chi connectivity index (χ2v) is 9.87. The van der Waals surface area contributed by atoms with Gasteiger partial charge in [-0.25, -0.2) is 18.6 Å². The van der Waals surface area contributed by atoms with Crippen molar-refractivity contribution in [2.45, 2.75) is 54.6 Å². The summed E-state index contributed by atoms with van der Waals surface area (Å²) >= 11 is 1.17. The van der Waals surface area contributed by atoms with Crippen molar-refractivity contribution >= 4 is 17.3 Å². The Kier molecular flexibility index (Phi) is 6.06. The Bertz CT molecular complexity index is 1380. The molecule has 0 aromatic carbocycles. The topological polar surface area (TPSA) is 87.9 Å². The smallest absolute Gasteiger partial charge is 0.155 e. The first-order valence-electron chi connectivity index (χ1n) is 11.2. The number of nitriles is 1. The molecule has 5 rings (SSSR count). The van der Waals surface area contributed by atoms with Gasteiger partial charge in [0.1, 0.15) is 16.8 Å². The van der Waals surface area contributed by atoms with Crippen LogP contribution in [0.2, 0.25) is 0 Å². The molecule has 0 spiro atoms. The number of hydrogen-bond acceptors (Lipinski definition) is 7. The molecule has 10 heteroatoms. The number of pyridine rings is 2. The lowest BCUT2D eigenvalue weighted by atomic mass is 9.90. The number of fused-ring (bicyclic) bond motifs is 1. The SMILES string of the molecule is Cc1c(-c2cc(Sc3ncccc3F)c3c(C#N)cnn3c2)nnn1[C@H]1CC[C@@H](N(C)C)CC1. The summed E-state index contributed by atoms with van der Waals surface area (Å²) in [6, 6.07) is 7.96. The molecule has 1 saturated carbocycles. The number of nitrogens with zero attached hydrogens (tertiary/aromatic N) is 8. The quantitative estimate of drug-likeness (QED) is 0.419. The zero-order valence-electron chi connectivity index (χ0n) is 19.3. The average molecular weight is 477 g/mol. The van der Waals surface area contributed by atoms with Crippen LogP contribution in [0.5, 0.6) is 0 Å². The number of hydrogen-bond donors (Lipinski definition) is 0. The van der Waals surface area contributed by atoms with Gasteiger partial charge in [-0.05, 0) is 64.9 Å². The van der Waals surface area contributed by atoms with E-state index in [2.05, 4.69) is 45.5 Å². The molecule has 0 aliphatic heterocycles. The van der Waals surface area contributed by atoms with Gasteiger partial charge < -0.3 is 4.90 Å². The second-order valence-electron chi connectivity index (χ2n) is 8.84. The molecule has 0 amide bonds. The van der Waals surface area contributed by atoms with E-state index < -0.39 is 5.82 Å². The molecule has 4 heterocycles. The van der Waals surface area contributed by atoms with Gasteiger partial charge in [-0.2, -0.15) is 10.4 Å². The Morgan fingerprint density at radius 2 is 2.03 bits per heavy atom.